The fourth-order valence-electron chi connectivity index (χ4n) is 2.03. The molecule has 0 amide bonds. The zero-order valence-electron chi connectivity index (χ0n) is 11.5. The van der Waals surface area contributed by atoms with Gasteiger partial charge in [-0.15, -0.1) is 5.10 Å². The fourth-order valence-corrected chi connectivity index (χ4v) is 2.03. The summed E-state index contributed by atoms with van der Waals surface area (Å²) in [6, 6.07) is 7.58. The van der Waals surface area contributed by atoms with Crippen LogP contribution in [0.1, 0.15) is 19.5 Å². The van der Waals surface area contributed by atoms with E-state index in [-0.39, 0.29) is 6.10 Å². The lowest BCUT2D eigenvalue weighted by Gasteiger charge is -2.26. The number of rotatable bonds is 3. The van der Waals surface area contributed by atoms with Gasteiger partial charge in [0.15, 0.2) is 17.6 Å². The smallest absolute Gasteiger partial charge is 0.161 e. The minimum Gasteiger partial charge on any atom is -0.486 e. The second kappa shape index (κ2) is 4.79. The van der Waals surface area contributed by atoms with E-state index in [9.17, 15) is 5.11 Å². The number of para-hydroxylation sites is 2. The lowest BCUT2D eigenvalue weighted by atomic mass is 10.1. The molecule has 0 fully saturated rings. The zero-order chi connectivity index (χ0) is 14.2. The molecule has 106 valence electrons. The third-order valence-electron chi connectivity index (χ3n) is 3.12. The number of ether oxygens (including phenoxy) is 2. The Morgan fingerprint density at radius 2 is 2.10 bits per heavy atom. The van der Waals surface area contributed by atoms with Crippen molar-refractivity contribution in [1.82, 2.24) is 15.0 Å². The standard InChI is InChI=1S/C14H17N3O3/c1-14(2,18)13-8-17(16-15-13)7-10-9-19-11-5-3-4-6-12(11)20-10/h3-6,8,10,18H,7,9H2,1-2H3. The number of benzene rings is 1. The second-order valence-corrected chi connectivity index (χ2v) is 5.38. The molecule has 3 rings (SSSR count). The summed E-state index contributed by atoms with van der Waals surface area (Å²) in [5.41, 5.74) is -0.455. The van der Waals surface area contributed by atoms with E-state index >= 15 is 0 Å². The Labute approximate surface area is 116 Å². The van der Waals surface area contributed by atoms with Gasteiger partial charge in [-0.25, -0.2) is 4.68 Å². The first-order chi connectivity index (χ1) is 9.52. The van der Waals surface area contributed by atoms with Gasteiger partial charge in [-0.3, -0.25) is 0 Å². The summed E-state index contributed by atoms with van der Waals surface area (Å²) in [6.07, 6.45) is 1.60. The van der Waals surface area contributed by atoms with Crippen LogP contribution in [0.25, 0.3) is 0 Å². The van der Waals surface area contributed by atoms with Crippen molar-refractivity contribution in [3.8, 4) is 11.5 Å². The molecule has 6 heteroatoms. The van der Waals surface area contributed by atoms with E-state index in [1.165, 1.54) is 0 Å². The Bertz CT molecular complexity index is 604. The number of fused-ring (bicyclic) bond motifs is 1. The van der Waals surface area contributed by atoms with Crippen LogP contribution in [0.5, 0.6) is 11.5 Å². The van der Waals surface area contributed by atoms with Crippen LogP contribution in [-0.4, -0.2) is 32.8 Å². The maximum Gasteiger partial charge on any atom is 0.161 e. The first kappa shape index (κ1) is 12.9. The van der Waals surface area contributed by atoms with Gasteiger partial charge in [-0.1, -0.05) is 17.3 Å². The molecule has 1 aromatic heterocycles. The van der Waals surface area contributed by atoms with Gasteiger partial charge in [0, 0.05) is 0 Å². The third kappa shape index (κ3) is 2.60. The molecule has 1 atom stereocenters. The average Bonchev–Trinajstić information content (AvgIpc) is 2.87. The molecule has 1 unspecified atom stereocenters. The quantitative estimate of drug-likeness (QED) is 0.915. The van der Waals surface area contributed by atoms with E-state index in [1.54, 1.807) is 24.7 Å². The molecule has 6 nitrogen and oxygen atoms in total. The van der Waals surface area contributed by atoms with Crippen molar-refractivity contribution in [2.75, 3.05) is 6.61 Å². The van der Waals surface area contributed by atoms with Gasteiger partial charge in [0.05, 0.1) is 12.7 Å². The van der Waals surface area contributed by atoms with Gasteiger partial charge in [-0.05, 0) is 26.0 Å². The van der Waals surface area contributed by atoms with Crippen LogP contribution in [0.4, 0.5) is 0 Å². The van der Waals surface area contributed by atoms with Crippen molar-refractivity contribution in [2.45, 2.75) is 32.1 Å². The molecule has 1 N–H and O–H groups in total. The number of hydrogen-bond acceptors (Lipinski definition) is 5. The minimum atomic E-state index is -0.991. The third-order valence-corrected chi connectivity index (χ3v) is 3.12. The lowest BCUT2D eigenvalue weighted by molar-refractivity contribution is 0.0724. The van der Waals surface area contributed by atoms with Crippen molar-refractivity contribution >= 4 is 0 Å². The van der Waals surface area contributed by atoms with Gasteiger partial charge in [0.1, 0.15) is 17.9 Å². The fraction of sp³-hybridized carbons (Fsp3) is 0.429. The molecule has 2 heterocycles. The summed E-state index contributed by atoms with van der Waals surface area (Å²) < 4.78 is 13.2. The molecular formula is C14H17N3O3. The van der Waals surface area contributed by atoms with E-state index in [2.05, 4.69) is 10.3 Å². The summed E-state index contributed by atoms with van der Waals surface area (Å²) in [5.74, 6) is 1.51. The van der Waals surface area contributed by atoms with Gasteiger partial charge in [0.25, 0.3) is 0 Å². The Kier molecular flexibility index (Phi) is 3.10. The molecule has 1 aliphatic rings. The van der Waals surface area contributed by atoms with Crippen molar-refractivity contribution < 1.29 is 14.6 Å². The summed E-state index contributed by atoms with van der Waals surface area (Å²) >= 11 is 0. The van der Waals surface area contributed by atoms with Gasteiger partial charge in [0.2, 0.25) is 0 Å². The molecule has 0 saturated heterocycles. The Balaban J connectivity index is 1.69. The molecular weight excluding hydrogens is 258 g/mol. The molecule has 0 bridgehead atoms. The van der Waals surface area contributed by atoms with Crippen LogP contribution < -0.4 is 9.47 Å². The van der Waals surface area contributed by atoms with Crippen LogP contribution in [0.3, 0.4) is 0 Å². The summed E-state index contributed by atoms with van der Waals surface area (Å²) in [6.45, 7) is 4.35. The first-order valence-electron chi connectivity index (χ1n) is 6.54. The monoisotopic (exact) mass is 275 g/mol. The first-order valence-corrected chi connectivity index (χ1v) is 6.54. The zero-order valence-corrected chi connectivity index (χ0v) is 11.5. The maximum absolute atomic E-state index is 9.87. The molecule has 20 heavy (non-hydrogen) atoms. The van der Waals surface area contributed by atoms with Crippen LogP contribution >= 0.6 is 0 Å². The molecule has 1 aliphatic heterocycles. The van der Waals surface area contributed by atoms with Crippen molar-refractivity contribution in [2.24, 2.45) is 0 Å². The largest absolute Gasteiger partial charge is 0.486 e. The normalized spacial score (nSPS) is 18.1. The summed E-state index contributed by atoms with van der Waals surface area (Å²) in [4.78, 5) is 0. The van der Waals surface area contributed by atoms with Gasteiger partial charge in [-0.2, -0.15) is 0 Å². The Morgan fingerprint density at radius 1 is 1.35 bits per heavy atom. The lowest BCUT2D eigenvalue weighted by Crippen LogP contribution is -2.33. The minimum absolute atomic E-state index is 0.124. The predicted molar refractivity (Wildman–Crippen MR) is 71.6 cm³/mol. The van der Waals surface area contributed by atoms with E-state index < -0.39 is 5.60 Å². The number of aromatic nitrogens is 3. The molecule has 1 aromatic carbocycles. The second-order valence-electron chi connectivity index (χ2n) is 5.38. The molecule has 2 aromatic rings. The Hall–Kier alpha value is -2.08. The van der Waals surface area contributed by atoms with Crippen LogP contribution in [0, 0.1) is 0 Å². The Morgan fingerprint density at radius 3 is 2.80 bits per heavy atom. The highest BCUT2D eigenvalue weighted by molar-refractivity contribution is 5.40. The highest BCUT2D eigenvalue weighted by atomic mass is 16.6. The molecule has 0 spiro atoms. The highest BCUT2D eigenvalue weighted by Crippen LogP contribution is 2.31. The maximum atomic E-state index is 9.87. The van der Waals surface area contributed by atoms with Gasteiger partial charge >= 0.3 is 0 Å². The molecule has 0 aliphatic carbocycles. The molecule has 0 saturated carbocycles. The SMILES string of the molecule is CC(C)(O)c1cn(CC2COc3ccccc3O2)nn1. The van der Waals surface area contributed by atoms with E-state index in [4.69, 9.17) is 9.47 Å². The van der Waals surface area contributed by atoms with E-state index in [0.717, 1.165) is 11.5 Å². The van der Waals surface area contributed by atoms with Crippen LogP contribution in [0.15, 0.2) is 30.5 Å². The van der Waals surface area contributed by atoms with Gasteiger partial charge < -0.3 is 14.6 Å². The number of nitrogens with zero attached hydrogens (tertiary/aromatic N) is 3. The number of aliphatic hydroxyl groups is 1. The molecule has 0 radical (unpaired) electrons. The van der Waals surface area contributed by atoms with Crippen molar-refractivity contribution in [3.05, 3.63) is 36.2 Å². The number of hydrogen-bond donors (Lipinski definition) is 1. The topological polar surface area (TPSA) is 69.4 Å². The van der Waals surface area contributed by atoms with E-state index in [0.29, 0.717) is 18.8 Å². The van der Waals surface area contributed by atoms with Crippen molar-refractivity contribution in [3.63, 3.8) is 0 Å². The van der Waals surface area contributed by atoms with Crippen molar-refractivity contribution in [1.29, 1.82) is 0 Å². The van der Waals surface area contributed by atoms with E-state index in [1.807, 2.05) is 24.3 Å². The summed E-state index contributed by atoms with van der Waals surface area (Å²) in [5, 5.41) is 17.8. The highest BCUT2D eigenvalue weighted by Gasteiger charge is 2.24. The van der Waals surface area contributed by atoms with Crippen LogP contribution in [0.2, 0.25) is 0 Å². The van der Waals surface area contributed by atoms with Crippen LogP contribution in [-0.2, 0) is 12.1 Å². The predicted octanol–water partition coefficient (Wildman–Crippen LogP) is 1.35. The average molecular weight is 275 g/mol. The summed E-state index contributed by atoms with van der Waals surface area (Å²) in [7, 11) is 0.